The number of hydrogen-bond acceptors (Lipinski definition) is 3. The predicted octanol–water partition coefficient (Wildman–Crippen LogP) is 2.07. The molecule has 5 nitrogen and oxygen atoms in total. The fourth-order valence-electron chi connectivity index (χ4n) is 3.13. The maximum atomic E-state index is 13.3. The molecule has 1 aromatic rings. The molecule has 130 valence electrons. The first kappa shape index (κ1) is 16.9. The number of rotatable bonds is 4. The van der Waals surface area contributed by atoms with E-state index in [1.807, 2.05) is 4.90 Å². The van der Waals surface area contributed by atoms with Crippen molar-refractivity contribution in [1.29, 1.82) is 0 Å². The van der Waals surface area contributed by atoms with Gasteiger partial charge in [-0.05, 0) is 37.5 Å². The molecule has 6 heteroatoms. The van der Waals surface area contributed by atoms with Crippen LogP contribution in [0.1, 0.15) is 36.0 Å². The standard InChI is InChI=1S/C18H23FN2O3/c19-15-4-1-3-14(13-15)18(23)21-9-2-8-20(10-11-21)17(22)6-5-16-7-12-24-16/h1,3-4,13,16H,2,5-12H2. The Morgan fingerprint density at radius 3 is 2.62 bits per heavy atom. The summed E-state index contributed by atoms with van der Waals surface area (Å²) in [5.41, 5.74) is 0.358. The van der Waals surface area contributed by atoms with Gasteiger partial charge in [0.05, 0.1) is 6.10 Å². The van der Waals surface area contributed by atoms with Gasteiger partial charge in [0.15, 0.2) is 0 Å². The lowest BCUT2D eigenvalue weighted by Gasteiger charge is -2.27. The summed E-state index contributed by atoms with van der Waals surface area (Å²) in [6.07, 6.45) is 3.31. The zero-order valence-corrected chi connectivity index (χ0v) is 13.7. The Morgan fingerprint density at radius 1 is 1.17 bits per heavy atom. The van der Waals surface area contributed by atoms with Crippen LogP contribution in [0.4, 0.5) is 4.39 Å². The summed E-state index contributed by atoms with van der Waals surface area (Å²) in [7, 11) is 0. The van der Waals surface area contributed by atoms with Crippen LogP contribution in [0.3, 0.4) is 0 Å². The second-order valence-electron chi connectivity index (χ2n) is 6.36. The van der Waals surface area contributed by atoms with Crippen molar-refractivity contribution in [2.75, 3.05) is 32.8 Å². The van der Waals surface area contributed by atoms with E-state index in [9.17, 15) is 14.0 Å². The first-order chi connectivity index (χ1) is 11.6. The summed E-state index contributed by atoms with van der Waals surface area (Å²) in [4.78, 5) is 28.3. The number of amides is 2. The topological polar surface area (TPSA) is 49.9 Å². The maximum Gasteiger partial charge on any atom is 0.254 e. The summed E-state index contributed by atoms with van der Waals surface area (Å²) < 4.78 is 18.6. The Balaban J connectivity index is 1.52. The van der Waals surface area contributed by atoms with E-state index >= 15 is 0 Å². The molecule has 2 heterocycles. The second-order valence-corrected chi connectivity index (χ2v) is 6.36. The monoisotopic (exact) mass is 334 g/mol. The fraction of sp³-hybridized carbons (Fsp3) is 0.556. The molecule has 2 amide bonds. The molecule has 0 N–H and O–H groups in total. The molecule has 0 aliphatic carbocycles. The maximum absolute atomic E-state index is 13.3. The van der Waals surface area contributed by atoms with E-state index in [4.69, 9.17) is 4.74 Å². The second kappa shape index (κ2) is 7.75. The number of benzene rings is 1. The van der Waals surface area contributed by atoms with Crippen molar-refractivity contribution < 1.29 is 18.7 Å². The van der Waals surface area contributed by atoms with E-state index in [1.54, 1.807) is 17.0 Å². The van der Waals surface area contributed by atoms with E-state index in [1.165, 1.54) is 12.1 Å². The van der Waals surface area contributed by atoms with Gasteiger partial charge in [-0.2, -0.15) is 0 Å². The van der Waals surface area contributed by atoms with Gasteiger partial charge in [-0.25, -0.2) is 4.39 Å². The normalized spacial score (nSPS) is 21.1. The molecule has 2 fully saturated rings. The summed E-state index contributed by atoms with van der Waals surface area (Å²) in [6.45, 7) is 3.08. The summed E-state index contributed by atoms with van der Waals surface area (Å²) in [5, 5.41) is 0. The number of carbonyl (C=O) groups excluding carboxylic acids is 2. The molecule has 1 unspecified atom stereocenters. The van der Waals surface area contributed by atoms with E-state index in [2.05, 4.69) is 0 Å². The first-order valence-electron chi connectivity index (χ1n) is 8.58. The molecule has 2 aliphatic heterocycles. The lowest BCUT2D eigenvalue weighted by Crippen LogP contribution is -2.38. The van der Waals surface area contributed by atoms with Crippen LogP contribution in [0, 0.1) is 5.82 Å². The fourth-order valence-corrected chi connectivity index (χ4v) is 3.13. The summed E-state index contributed by atoms with van der Waals surface area (Å²) in [6, 6.07) is 5.75. The molecule has 2 aliphatic rings. The Kier molecular flexibility index (Phi) is 5.45. The van der Waals surface area contributed by atoms with Crippen LogP contribution in [0.25, 0.3) is 0 Å². The van der Waals surface area contributed by atoms with Gasteiger partial charge in [0.25, 0.3) is 5.91 Å². The van der Waals surface area contributed by atoms with Gasteiger partial charge in [-0.15, -0.1) is 0 Å². The van der Waals surface area contributed by atoms with Crippen molar-refractivity contribution in [3.63, 3.8) is 0 Å². The Bertz CT molecular complexity index is 604. The van der Waals surface area contributed by atoms with Crippen LogP contribution in [0.2, 0.25) is 0 Å². The number of hydrogen-bond donors (Lipinski definition) is 0. The minimum absolute atomic E-state index is 0.130. The van der Waals surface area contributed by atoms with E-state index in [-0.39, 0.29) is 17.9 Å². The number of ether oxygens (including phenoxy) is 1. The zero-order valence-electron chi connectivity index (χ0n) is 13.7. The van der Waals surface area contributed by atoms with E-state index < -0.39 is 5.82 Å². The van der Waals surface area contributed by atoms with Gasteiger partial charge < -0.3 is 14.5 Å². The molecule has 1 aromatic carbocycles. The lowest BCUT2D eigenvalue weighted by atomic mass is 10.1. The van der Waals surface area contributed by atoms with Crippen molar-refractivity contribution in [2.24, 2.45) is 0 Å². The Hall–Kier alpha value is -1.95. The van der Waals surface area contributed by atoms with E-state index in [0.717, 1.165) is 25.9 Å². The van der Waals surface area contributed by atoms with Crippen LogP contribution in [-0.2, 0) is 9.53 Å². The largest absolute Gasteiger partial charge is 0.378 e. The average molecular weight is 334 g/mol. The van der Waals surface area contributed by atoms with Gasteiger partial charge in [0, 0.05) is 44.8 Å². The van der Waals surface area contributed by atoms with Gasteiger partial charge >= 0.3 is 0 Å². The highest BCUT2D eigenvalue weighted by atomic mass is 19.1. The van der Waals surface area contributed by atoms with Gasteiger partial charge in [-0.3, -0.25) is 9.59 Å². The average Bonchev–Trinajstić information content (AvgIpc) is 2.78. The van der Waals surface area contributed by atoms with Crippen molar-refractivity contribution in [1.82, 2.24) is 9.80 Å². The lowest BCUT2D eigenvalue weighted by molar-refractivity contribution is -0.133. The SMILES string of the molecule is O=C(CCC1CCO1)N1CCCN(C(=O)c2cccc(F)c2)CC1. The molecule has 2 saturated heterocycles. The van der Waals surface area contributed by atoms with Crippen LogP contribution < -0.4 is 0 Å². The van der Waals surface area contributed by atoms with Crippen molar-refractivity contribution in [2.45, 2.75) is 31.8 Å². The molecule has 1 atom stereocenters. The summed E-state index contributed by atoms with van der Waals surface area (Å²) in [5.74, 6) is -0.456. The van der Waals surface area contributed by atoms with Crippen LogP contribution in [0.5, 0.6) is 0 Å². The van der Waals surface area contributed by atoms with Crippen LogP contribution in [0.15, 0.2) is 24.3 Å². The number of nitrogens with zero attached hydrogens (tertiary/aromatic N) is 2. The van der Waals surface area contributed by atoms with Crippen molar-refractivity contribution >= 4 is 11.8 Å². The molecular formula is C18H23FN2O3. The van der Waals surface area contributed by atoms with Gasteiger partial charge in [-0.1, -0.05) is 6.07 Å². The Labute approximate surface area is 141 Å². The third kappa shape index (κ3) is 4.12. The molecule has 0 saturated carbocycles. The molecule has 24 heavy (non-hydrogen) atoms. The van der Waals surface area contributed by atoms with Crippen molar-refractivity contribution in [3.05, 3.63) is 35.6 Å². The third-order valence-electron chi connectivity index (χ3n) is 4.68. The predicted molar refractivity (Wildman–Crippen MR) is 87.1 cm³/mol. The molecular weight excluding hydrogens is 311 g/mol. The highest BCUT2D eigenvalue weighted by molar-refractivity contribution is 5.94. The quantitative estimate of drug-likeness (QED) is 0.847. The zero-order chi connectivity index (χ0) is 16.9. The first-order valence-corrected chi connectivity index (χ1v) is 8.58. The minimum atomic E-state index is -0.411. The van der Waals surface area contributed by atoms with Gasteiger partial charge in [0.1, 0.15) is 5.82 Å². The Morgan fingerprint density at radius 2 is 1.92 bits per heavy atom. The van der Waals surface area contributed by atoms with E-state index in [0.29, 0.717) is 38.2 Å². The number of halogens is 1. The summed E-state index contributed by atoms with van der Waals surface area (Å²) >= 11 is 0. The molecule has 0 aromatic heterocycles. The highest BCUT2D eigenvalue weighted by Gasteiger charge is 2.24. The smallest absolute Gasteiger partial charge is 0.254 e. The third-order valence-corrected chi connectivity index (χ3v) is 4.68. The molecule has 0 radical (unpaired) electrons. The van der Waals surface area contributed by atoms with Crippen LogP contribution >= 0.6 is 0 Å². The number of carbonyl (C=O) groups is 2. The highest BCUT2D eigenvalue weighted by Crippen LogP contribution is 2.18. The molecule has 0 spiro atoms. The van der Waals surface area contributed by atoms with Crippen LogP contribution in [-0.4, -0.2) is 60.5 Å². The molecule has 0 bridgehead atoms. The molecule has 3 rings (SSSR count). The van der Waals surface area contributed by atoms with Gasteiger partial charge in [0.2, 0.25) is 5.91 Å². The van der Waals surface area contributed by atoms with Crippen molar-refractivity contribution in [3.8, 4) is 0 Å². The minimum Gasteiger partial charge on any atom is -0.378 e.